The molecule has 0 aromatic carbocycles. The van der Waals surface area contributed by atoms with Crippen LogP contribution < -0.4 is 10.9 Å². The lowest BCUT2D eigenvalue weighted by Gasteiger charge is -1.85. The summed E-state index contributed by atoms with van der Waals surface area (Å²) in [6, 6.07) is 2.14. The Labute approximate surface area is 42.3 Å². The van der Waals surface area contributed by atoms with Crippen molar-refractivity contribution >= 4 is 0 Å². The molecule has 3 heteroatoms. The maximum atomic E-state index is 8.24. The van der Waals surface area contributed by atoms with E-state index in [0.29, 0.717) is 0 Å². The maximum Gasteiger partial charge on any atom is 0.0740 e. The van der Waals surface area contributed by atoms with Crippen LogP contribution in [0.15, 0.2) is 0 Å². The smallest absolute Gasteiger partial charge is 0.0740 e. The van der Waals surface area contributed by atoms with Crippen molar-refractivity contribution in [2.24, 2.45) is 5.92 Å². The minimum atomic E-state index is 0.181. The van der Waals surface area contributed by atoms with Crippen molar-refractivity contribution in [1.29, 1.82) is 5.26 Å². The van der Waals surface area contributed by atoms with Crippen LogP contribution in [0.1, 0.15) is 0 Å². The Morgan fingerprint density at radius 3 is 2.29 bits per heavy atom. The van der Waals surface area contributed by atoms with Crippen molar-refractivity contribution in [3.8, 4) is 6.07 Å². The fourth-order valence-corrected chi connectivity index (χ4v) is 0.554. The van der Waals surface area contributed by atoms with Gasteiger partial charge in [-0.25, -0.2) is 0 Å². The Hall–Kier alpha value is -0.590. The molecule has 0 amide bonds. The molecule has 0 unspecified atom stereocenters. The van der Waals surface area contributed by atoms with E-state index in [1.165, 1.54) is 0 Å². The van der Waals surface area contributed by atoms with Crippen molar-refractivity contribution in [1.82, 2.24) is 10.9 Å². The highest BCUT2D eigenvalue weighted by molar-refractivity contribution is 4.88. The third kappa shape index (κ3) is 0.889. The Kier molecular flexibility index (Phi) is 1.25. The highest BCUT2D eigenvalue weighted by Gasteiger charge is 2.10. The van der Waals surface area contributed by atoms with Gasteiger partial charge in [-0.3, -0.25) is 10.9 Å². The molecule has 0 aromatic heterocycles. The number of rotatable bonds is 0. The van der Waals surface area contributed by atoms with Gasteiger partial charge in [-0.05, 0) is 0 Å². The summed E-state index contributed by atoms with van der Waals surface area (Å²) >= 11 is 0. The predicted octanol–water partition coefficient (Wildman–Crippen LogP) is -0.766. The second-order valence-corrected chi connectivity index (χ2v) is 1.59. The van der Waals surface area contributed by atoms with Gasteiger partial charge in [0.2, 0.25) is 0 Å². The van der Waals surface area contributed by atoms with Crippen LogP contribution in [-0.2, 0) is 0 Å². The average molecular weight is 97.1 g/mol. The van der Waals surface area contributed by atoms with E-state index in [9.17, 15) is 0 Å². The summed E-state index contributed by atoms with van der Waals surface area (Å²) in [4.78, 5) is 0. The van der Waals surface area contributed by atoms with Crippen LogP contribution in [0.2, 0.25) is 0 Å². The molecule has 0 spiro atoms. The van der Waals surface area contributed by atoms with Crippen molar-refractivity contribution < 1.29 is 0 Å². The molecule has 0 bridgehead atoms. The molecule has 1 rings (SSSR count). The van der Waals surface area contributed by atoms with Crippen molar-refractivity contribution in [3.05, 3.63) is 0 Å². The lowest BCUT2D eigenvalue weighted by Crippen LogP contribution is -2.21. The van der Waals surface area contributed by atoms with E-state index < -0.39 is 0 Å². The van der Waals surface area contributed by atoms with Crippen molar-refractivity contribution in [2.75, 3.05) is 13.1 Å². The molecule has 2 N–H and O–H groups in total. The summed E-state index contributed by atoms with van der Waals surface area (Å²) < 4.78 is 0. The Balaban J connectivity index is 2.31. The molecular weight excluding hydrogens is 90.1 g/mol. The van der Waals surface area contributed by atoms with Gasteiger partial charge in [-0.2, -0.15) is 5.26 Å². The summed E-state index contributed by atoms with van der Waals surface area (Å²) in [6.07, 6.45) is 0. The van der Waals surface area contributed by atoms with Crippen LogP contribution in [0.25, 0.3) is 0 Å². The third-order valence-electron chi connectivity index (χ3n) is 1.00. The van der Waals surface area contributed by atoms with E-state index in [2.05, 4.69) is 16.9 Å². The highest BCUT2D eigenvalue weighted by Crippen LogP contribution is 1.91. The topological polar surface area (TPSA) is 47.9 Å². The molecule has 0 saturated carbocycles. The summed E-state index contributed by atoms with van der Waals surface area (Å²) in [7, 11) is 0. The molecule has 3 nitrogen and oxygen atoms in total. The zero-order valence-electron chi connectivity index (χ0n) is 3.94. The van der Waals surface area contributed by atoms with E-state index in [0.717, 1.165) is 13.1 Å². The normalized spacial score (nSPS) is 22.1. The number of nitrogens with zero attached hydrogens (tertiary/aromatic N) is 1. The minimum Gasteiger partial charge on any atom is -0.256 e. The van der Waals surface area contributed by atoms with Crippen molar-refractivity contribution in [2.45, 2.75) is 0 Å². The quantitative estimate of drug-likeness (QED) is 0.417. The highest BCUT2D eigenvalue weighted by atomic mass is 15.4. The van der Waals surface area contributed by atoms with Gasteiger partial charge >= 0.3 is 0 Å². The number of hydrogen-bond donors (Lipinski definition) is 2. The van der Waals surface area contributed by atoms with E-state index >= 15 is 0 Å². The van der Waals surface area contributed by atoms with Crippen LogP contribution in [0.5, 0.6) is 0 Å². The summed E-state index contributed by atoms with van der Waals surface area (Å²) in [5.74, 6) is 0.181. The van der Waals surface area contributed by atoms with Crippen LogP contribution in [0, 0.1) is 17.2 Å². The summed E-state index contributed by atoms with van der Waals surface area (Å²) in [5, 5.41) is 8.24. The first-order chi connectivity index (χ1) is 3.43. The van der Waals surface area contributed by atoms with E-state index in [1.54, 1.807) is 0 Å². The van der Waals surface area contributed by atoms with Crippen LogP contribution >= 0.6 is 0 Å². The van der Waals surface area contributed by atoms with Gasteiger partial charge in [-0.15, -0.1) is 0 Å². The number of hydrazine groups is 1. The average Bonchev–Trinajstić information content (AvgIpc) is 2.14. The zero-order chi connectivity index (χ0) is 5.11. The first-order valence-electron chi connectivity index (χ1n) is 2.29. The molecule has 0 radical (unpaired) electrons. The summed E-state index contributed by atoms with van der Waals surface area (Å²) in [6.45, 7) is 1.58. The number of nitrogens with one attached hydrogen (secondary N) is 2. The zero-order valence-corrected chi connectivity index (χ0v) is 3.94. The van der Waals surface area contributed by atoms with Gasteiger partial charge in [0.15, 0.2) is 0 Å². The fourth-order valence-electron chi connectivity index (χ4n) is 0.554. The van der Waals surface area contributed by atoms with Gasteiger partial charge in [0.1, 0.15) is 0 Å². The number of hydrogen-bond acceptors (Lipinski definition) is 3. The molecule has 1 aliphatic rings. The minimum absolute atomic E-state index is 0.181. The standard InChI is InChI=1S/C4H7N3/c5-1-4-2-6-7-3-4/h4,6-7H,2-3H2. The van der Waals surface area contributed by atoms with Gasteiger partial charge in [-0.1, -0.05) is 0 Å². The molecule has 1 heterocycles. The number of nitriles is 1. The Bertz CT molecular complexity index is 87.6. The van der Waals surface area contributed by atoms with Gasteiger partial charge in [0.05, 0.1) is 12.0 Å². The molecule has 0 aromatic rings. The van der Waals surface area contributed by atoms with E-state index in [-0.39, 0.29) is 5.92 Å². The molecular formula is C4H7N3. The SMILES string of the molecule is N#CC1CNNC1. The van der Waals surface area contributed by atoms with Crippen LogP contribution in [-0.4, -0.2) is 13.1 Å². The monoisotopic (exact) mass is 97.1 g/mol. The second-order valence-electron chi connectivity index (χ2n) is 1.59. The summed E-state index contributed by atoms with van der Waals surface area (Å²) in [5.41, 5.74) is 5.70. The molecule has 1 aliphatic heterocycles. The van der Waals surface area contributed by atoms with E-state index in [4.69, 9.17) is 5.26 Å². The van der Waals surface area contributed by atoms with Gasteiger partial charge in [0.25, 0.3) is 0 Å². The Morgan fingerprint density at radius 2 is 2.00 bits per heavy atom. The van der Waals surface area contributed by atoms with Crippen molar-refractivity contribution in [3.63, 3.8) is 0 Å². The van der Waals surface area contributed by atoms with Crippen LogP contribution in [0.3, 0.4) is 0 Å². The van der Waals surface area contributed by atoms with E-state index in [1.807, 2.05) is 0 Å². The molecule has 0 atom stereocenters. The largest absolute Gasteiger partial charge is 0.256 e. The lowest BCUT2D eigenvalue weighted by molar-refractivity contribution is 0.689. The first kappa shape index (κ1) is 4.57. The van der Waals surface area contributed by atoms with Gasteiger partial charge < -0.3 is 0 Å². The Morgan fingerprint density at radius 1 is 1.43 bits per heavy atom. The first-order valence-corrected chi connectivity index (χ1v) is 2.29. The fraction of sp³-hybridized carbons (Fsp3) is 0.750. The second kappa shape index (κ2) is 1.92. The van der Waals surface area contributed by atoms with Gasteiger partial charge in [0, 0.05) is 13.1 Å². The lowest BCUT2D eigenvalue weighted by atomic mass is 10.2. The maximum absolute atomic E-state index is 8.24. The molecule has 1 fully saturated rings. The molecule has 1 saturated heterocycles. The molecule has 38 valence electrons. The third-order valence-corrected chi connectivity index (χ3v) is 1.00. The molecule has 0 aliphatic carbocycles. The predicted molar refractivity (Wildman–Crippen MR) is 25.1 cm³/mol. The van der Waals surface area contributed by atoms with Crippen LogP contribution in [0.4, 0.5) is 0 Å². The molecule has 7 heavy (non-hydrogen) atoms.